The number of carbonyl (C=O) groups excluding carboxylic acids is 1. The van der Waals surface area contributed by atoms with Crippen LogP contribution in [0.4, 0.5) is 5.69 Å². The number of nitrogens with zero attached hydrogens (tertiary/aromatic N) is 2. The van der Waals surface area contributed by atoms with E-state index in [0.29, 0.717) is 6.42 Å². The van der Waals surface area contributed by atoms with Crippen LogP contribution in [0.5, 0.6) is 0 Å². The molecule has 0 fully saturated rings. The van der Waals surface area contributed by atoms with Gasteiger partial charge in [-0.1, -0.05) is 33.2 Å². The summed E-state index contributed by atoms with van der Waals surface area (Å²) < 4.78 is 6.23. The molecule has 0 unspecified atom stereocenters. The Morgan fingerprint density at radius 1 is 1.17 bits per heavy atom. The van der Waals surface area contributed by atoms with Crippen molar-refractivity contribution < 1.29 is 9.32 Å². The van der Waals surface area contributed by atoms with Crippen LogP contribution in [0.15, 0.2) is 63.7 Å². The van der Waals surface area contributed by atoms with Crippen molar-refractivity contribution in [2.45, 2.75) is 12.8 Å². The summed E-state index contributed by atoms with van der Waals surface area (Å²) >= 11 is 3.41. The standard InChI is InChI=1S/C19H15BrN2O2/c20-16-4-1-13(2-5-16)11-19(23)22-10-8-14-12-15(3-6-17(14)22)18-7-9-21-24-18/h1-7,9,12H,8,10-11H2. The van der Waals surface area contributed by atoms with Gasteiger partial charge in [-0.2, -0.15) is 0 Å². The molecule has 5 heteroatoms. The summed E-state index contributed by atoms with van der Waals surface area (Å²) in [6.07, 6.45) is 2.91. The molecular weight excluding hydrogens is 368 g/mol. The topological polar surface area (TPSA) is 46.3 Å². The molecule has 3 aromatic rings. The van der Waals surface area contributed by atoms with Gasteiger partial charge in [0.2, 0.25) is 5.91 Å². The maximum atomic E-state index is 12.7. The van der Waals surface area contributed by atoms with Gasteiger partial charge in [-0.3, -0.25) is 4.79 Å². The Balaban J connectivity index is 1.55. The maximum absolute atomic E-state index is 12.7. The molecule has 4 nitrogen and oxygen atoms in total. The van der Waals surface area contributed by atoms with Gasteiger partial charge in [-0.05, 0) is 47.9 Å². The molecule has 1 aliphatic heterocycles. The lowest BCUT2D eigenvalue weighted by Crippen LogP contribution is -2.30. The summed E-state index contributed by atoms with van der Waals surface area (Å²) in [4.78, 5) is 14.5. The lowest BCUT2D eigenvalue weighted by atomic mass is 10.1. The van der Waals surface area contributed by atoms with Gasteiger partial charge >= 0.3 is 0 Å². The average molecular weight is 383 g/mol. The van der Waals surface area contributed by atoms with Gasteiger partial charge in [-0.25, -0.2) is 0 Å². The number of amides is 1. The first-order chi connectivity index (χ1) is 11.7. The zero-order chi connectivity index (χ0) is 16.5. The molecular formula is C19H15BrN2O2. The van der Waals surface area contributed by atoms with Crippen LogP contribution >= 0.6 is 15.9 Å². The van der Waals surface area contributed by atoms with Gasteiger partial charge in [-0.15, -0.1) is 0 Å². The number of aromatic nitrogens is 1. The van der Waals surface area contributed by atoms with Crippen molar-refractivity contribution in [2.24, 2.45) is 0 Å². The molecule has 2 aromatic carbocycles. The molecule has 0 aliphatic carbocycles. The zero-order valence-electron chi connectivity index (χ0n) is 12.9. The normalized spacial score (nSPS) is 13.1. The van der Waals surface area contributed by atoms with E-state index in [9.17, 15) is 4.79 Å². The minimum absolute atomic E-state index is 0.128. The summed E-state index contributed by atoms with van der Waals surface area (Å²) in [6.45, 7) is 0.727. The quantitative estimate of drug-likeness (QED) is 0.680. The van der Waals surface area contributed by atoms with Crippen LogP contribution in [0.25, 0.3) is 11.3 Å². The maximum Gasteiger partial charge on any atom is 0.231 e. The van der Waals surface area contributed by atoms with Crippen LogP contribution in [0.1, 0.15) is 11.1 Å². The molecule has 120 valence electrons. The molecule has 1 aliphatic rings. The highest BCUT2D eigenvalue weighted by molar-refractivity contribution is 9.10. The van der Waals surface area contributed by atoms with E-state index in [4.69, 9.17) is 4.52 Å². The van der Waals surface area contributed by atoms with Crippen molar-refractivity contribution in [1.29, 1.82) is 0 Å². The number of benzene rings is 2. The number of hydrogen-bond acceptors (Lipinski definition) is 3. The van der Waals surface area contributed by atoms with Crippen LogP contribution in [-0.4, -0.2) is 17.6 Å². The molecule has 1 aromatic heterocycles. The van der Waals surface area contributed by atoms with Gasteiger partial charge in [0.05, 0.1) is 12.6 Å². The lowest BCUT2D eigenvalue weighted by molar-refractivity contribution is -0.117. The Kier molecular flexibility index (Phi) is 3.94. The molecule has 4 rings (SSSR count). The summed E-state index contributed by atoms with van der Waals surface area (Å²) in [5, 5.41) is 3.75. The Hall–Kier alpha value is -2.40. The minimum Gasteiger partial charge on any atom is -0.356 e. The largest absolute Gasteiger partial charge is 0.356 e. The van der Waals surface area contributed by atoms with Crippen molar-refractivity contribution in [3.05, 3.63) is 70.3 Å². The average Bonchev–Trinajstić information content (AvgIpc) is 3.25. The Morgan fingerprint density at radius 3 is 2.75 bits per heavy atom. The molecule has 0 radical (unpaired) electrons. The number of anilines is 1. The summed E-state index contributed by atoms with van der Waals surface area (Å²) in [7, 11) is 0. The van der Waals surface area contributed by atoms with Crippen molar-refractivity contribution in [1.82, 2.24) is 5.16 Å². The fourth-order valence-electron chi connectivity index (χ4n) is 3.05. The highest BCUT2D eigenvalue weighted by Crippen LogP contribution is 2.32. The molecule has 0 saturated heterocycles. The Morgan fingerprint density at radius 2 is 2.00 bits per heavy atom. The Labute approximate surface area is 148 Å². The monoisotopic (exact) mass is 382 g/mol. The minimum atomic E-state index is 0.128. The van der Waals surface area contributed by atoms with Crippen LogP contribution in [0.3, 0.4) is 0 Å². The van der Waals surface area contributed by atoms with Gasteiger partial charge in [0.1, 0.15) is 0 Å². The van der Waals surface area contributed by atoms with Crippen LogP contribution in [-0.2, 0) is 17.6 Å². The van der Waals surface area contributed by atoms with E-state index < -0.39 is 0 Å². The van der Waals surface area contributed by atoms with Crippen LogP contribution in [0, 0.1) is 0 Å². The number of halogens is 1. The van der Waals surface area contributed by atoms with Crippen LogP contribution < -0.4 is 4.90 Å². The van der Waals surface area contributed by atoms with Gasteiger partial charge < -0.3 is 9.42 Å². The SMILES string of the molecule is O=C(Cc1ccc(Br)cc1)N1CCc2cc(-c3ccno3)ccc21. The molecule has 0 bridgehead atoms. The highest BCUT2D eigenvalue weighted by Gasteiger charge is 2.25. The predicted molar refractivity (Wildman–Crippen MR) is 95.8 cm³/mol. The number of rotatable bonds is 3. The van der Waals surface area contributed by atoms with Crippen LogP contribution in [0.2, 0.25) is 0 Å². The lowest BCUT2D eigenvalue weighted by Gasteiger charge is -2.17. The second-order valence-electron chi connectivity index (χ2n) is 5.82. The van der Waals surface area contributed by atoms with Gasteiger partial charge in [0.15, 0.2) is 5.76 Å². The van der Waals surface area contributed by atoms with Crippen molar-refractivity contribution in [3.63, 3.8) is 0 Å². The smallest absolute Gasteiger partial charge is 0.231 e. The number of carbonyl (C=O) groups is 1. The fraction of sp³-hybridized carbons (Fsp3) is 0.158. The summed E-state index contributed by atoms with van der Waals surface area (Å²) in [5.74, 6) is 0.876. The van der Waals surface area contributed by atoms with Gasteiger partial charge in [0.25, 0.3) is 0 Å². The van der Waals surface area contributed by atoms with E-state index in [2.05, 4.69) is 27.2 Å². The van der Waals surface area contributed by atoms with Crippen molar-refractivity contribution in [3.8, 4) is 11.3 Å². The molecule has 2 heterocycles. The molecule has 1 amide bonds. The van der Waals surface area contributed by atoms with E-state index in [-0.39, 0.29) is 5.91 Å². The third kappa shape index (κ3) is 2.87. The fourth-order valence-corrected chi connectivity index (χ4v) is 3.32. The first-order valence-electron chi connectivity index (χ1n) is 7.79. The third-order valence-electron chi connectivity index (χ3n) is 4.27. The predicted octanol–water partition coefficient (Wildman–Crippen LogP) is 4.24. The molecule has 0 saturated carbocycles. The Bertz CT molecular complexity index is 873. The second-order valence-corrected chi connectivity index (χ2v) is 6.73. The van der Waals surface area contributed by atoms with E-state index in [0.717, 1.165) is 40.0 Å². The molecule has 0 atom stereocenters. The zero-order valence-corrected chi connectivity index (χ0v) is 14.5. The van der Waals surface area contributed by atoms with E-state index in [1.807, 2.05) is 47.4 Å². The number of fused-ring (bicyclic) bond motifs is 1. The first-order valence-corrected chi connectivity index (χ1v) is 8.59. The second kappa shape index (κ2) is 6.24. The third-order valence-corrected chi connectivity index (χ3v) is 4.80. The van der Waals surface area contributed by atoms with E-state index in [1.54, 1.807) is 6.20 Å². The van der Waals surface area contributed by atoms with Crippen molar-refractivity contribution >= 4 is 27.5 Å². The van der Waals surface area contributed by atoms with E-state index >= 15 is 0 Å². The summed E-state index contributed by atoms with van der Waals surface area (Å²) in [6, 6.07) is 15.8. The summed E-state index contributed by atoms with van der Waals surface area (Å²) in [5.41, 5.74) is 4.19. The molecule has 0 spiro atoms. The van der Waals surface area contributed by atoms with Crippen molar-refractivity contribution in [2.75, 3.05) is 11.4 Å². The highest BCUT2D eigenvalue weighted by atomic mass is 79.9. The first kappa shape index (κ1) is 15.1. The van der Waals surface area contributed by atoms with Gasteiger partial charge in [0, 0.05) is 28.3 Å². The number of hydrogen-bond donors (Lipinski definition) is 0. The molecule has 24 heavy (non-hydrogen) atoms. The molecule has 0 N–H and O–H groups in total. The van der Waals surface area contributed by atoms with E-state index in [1.165, 1.54) is 5.56 Å².